The number of imidazole rings is 2. The van der Waals surface area contributed by atoms with Crippen LogP contribution in [0.25, 0.3) is 33.5 Å². The first-order chi connectivity index (χ1) is 22.2. The summed E-state index contributed by atoms with van der Waals surface area (Å²) in [4.78, 5) is 4.84. The van der Waals surface area contributed by atoms with Crippen molar-refractivity contribution in [2.24, 2.45) is 0 Å². The van der Waals surface area contributed by atoms with Crippen molar-refractivity contribution in [1.82, 2.24) is 14.0 Å². The van der Waals surface area contributed by atoms with E-state index >= 15 is 0 Å². The second kappa shape index (κ2) is 6.63. The molecule has 0 aliphatic carbocycles. The molecule has 0 atom stereocenters. The highest BCUT2D eigenvalue weighted by Gasteiger charge is 2.46. The molecule has 6 nitrogen and oxygen atoms in total. The minimum absolute atomic E-state index is 0.108. The quantitative estimate of drug-likeness (QED) is 0.271. The molecule has 0 bridgehead atoms. The third-order valence-corrected chi connectivity index (χ3v) is 7.87. The summed E-state index contributed by atoms with van der Waals surface area (Å²) in [6, 6.07) is 12.8. The molecule has 0 spiro atoms. The number of hydrogen-bond donors (Lipinski definition) is 0. The lowest BCUT2D eigenvalue weighted by Crippen LogP contribution is -2.59. The largest absolute Gasteiger partial charge is 0.458 e. The van der Waals surface area contributed by atoms with Gasteiger partial charge in [-0.15, -0.1) is 0 Å². The summed E-state index contributed by atoms with van der Waals surface area (Å²) in [5.41, 5.74) is 4.24. The Hall–Kier alpha value is -5.17. The molecule has 0 unspecified atom stereocenters. The maximum atomic E-state index is 8.98. The first kappa shape index (κ1) is 14.7. The van der Waals surface area contributed by atoms with Gasteiger partial charge in [0.25, 0.3) is 6.71 Å². The molecule has 5 heterocycles. The summed E-state index contributed by atoms with van der Waals surface area (Å²) in [7, 11) is 0. The van der Waals surface area contributed by atoms with E-state index in [2.05, 4.69) is 0 Å². The van der Waals surface area contributed by atoms with Crippen LogP contribution in [0.1, 0.15) is 15.2 Å². The van der Waals surface area contributed by atoms with Crippen molar-refractivity contribution in [3.8, 4) is 40.2 Å². The van der Waals surface area contributed by atoms with Gasteiger partial charge in [-0.05, 0) is 54.9 Å². The van der Waals surface area contributed by atoms with Gasteiger partial charge in [-0.3, -0.25) is 8.97 Å². The van der Waals surface area contributed by atoms with Crippen LogP contribution in [-0.4, -0.2) is 20.7 Å². The molecule has 7 heteroatoms. The average molecular weight is 510 g/mol. The number of fused-ring (bicyclic) bond motifs is 5. The van der Waals surface area contributed by atoms with Crippen molar-refractivity contribution in [2.45, 2.75) is 6.92 Å². The number of aromatic nitrogens is 3. The summed E-state index contributed by atoms with van der Waals surface area (Å²) in [6.07, 6.45) is 0. The van der Waals surface area contributed by atoms with Gasteiger partial charge in [0.05, 0.1) is 37.3 Å². The number of benzene rings is 5. The Balaban J connectivity index is 1.35. The standard InChI is InChI=1S/C32H18BN3O3/c1-17-7-4-10-21-31(17)34-32-35(19-8-2-3-9-20(19)36(21)32)18-15-26-30-27(16-18)39-25-14-6-12-23-29(25)33(30)28-22(37-23)11-5-13-24(28)38-26/h2-16H,1H3/i2D,3D,4D,7D,8D,9D,10D. The van der Waals surface area contributed by atoms with E-state index in [1.165, 1.54) is 4.40 Å². The molecule has 0 saturated carbocycles. The fourth-order valence-electron chi connectivity index (χ4n) is 6.29. The van der Waals surface area contributed by atoms with Crippen LogP contribution in [0, 0.1) is 6.92 Å². The van der Waals surface area contributed by atoms with E-state index in [-0.39, 0.29) is 59.3 Å². The summed E-state index contributed by atoms with van der Waals surface area (Å²) in [6.45, 7) is 1.45. The predicted octanol–water partition coefficient (Wildman–Crippen LogP) is 5.57. The van der Waals surface area contributed by atoms with Crippen LogP contribution in [0.15, 0.2) is 90.8 Å². The predicted molar refractivity (Wildman–Crippen MR) is 152 cm³/mol. The Kier molecular flexibility index (Phi) is 2.50. The van der Waals surface area contributed by atoms with E-state index < -0.39 is 12.1 Å². The number of rotatable bonds is 1. The summed E-state index contributed by atoms with van der Waals surface area (Å²) >= 11 is 0. The lowest BCUT2D eigenvalue weighted by atomic mass is 9.34. The summed E-state index contributed by atoms with van der Waals surface area (Å²) in [5.74, 6) is 3.91. The van der Waals surface area contributed by atoms with E-state index in [1.54, 1.807) is 23.6 Å². The number of aryl methyl sites for hydroxylation is 1. The molecule has 2 aromatic heterocycles. The first-order valence-corrected chi connectivity index (χ1v) is 12.5. The van der Waals surface area contributed by atoms with Gasteiger partial charge >= 0.3 is 0 Å². The Bertz CT molecular complexity index is 2560. The monoisotopic (exact) mass is 510 g/mol. The molecule has 0 fully saturated rings. The molecule has 39 heavy (non-hydrogen) atoms. The van der Waals surface area contributed by atoms with Crippen molar-refractivity contribution in [1.29, 1.82) is 0 Å². The summed E-state index contributed by atoms with van der Waals surface area (Å²) in [5, 5.41) is 0. The molecule has 3 aliphatic rings. The van der Waals surface area contributed by atoms with Crippen LogP contribution < -0.4 is 30.6 Å². The lowest BCUT2D eigenvalue weighted by molar-refractivity contribution is 0.442. The number of nitrogens with zero attached hydrogens (tertiary/aromatic N) is 3. The third-order valence-electron chi connectivity index (χ3n) is 7.87. The fourth-order valence-corrected chi connectivity index (χ4v) is 6.29. The molecule has 182 valence electrons. The van der Waals surface area contributed by atoms with Crippen molar-refractivity contribution in [2.75, 3.05) is 0 Å². The molecule has 0 amide bonds. The first-order valence-electron chi connectivity index (χ1n) is 16.0. The van der Waals surface area contributed by atoms with Gasteiger partial charge in [-0.1, -0.05) is 36.3 Å². The smallest absolute Gasteiger partial charge is 0.270 e. The number of para-hydroxylation sites is 3. The number of ether oxygens (including phenoxy) is 3. The van der Waals surface area contributed by atoms with Gasteiger partial charge in [0.1, 0.15) is 34.5 Å². The van der Waals surface area contributed by atoms with E-state index in [0.717, 1.165) is 16.4 Å². The maximum Gasteiger partial charge on any atom is 0.270 e. The highest BCUT2D eigenvalue weighted by Crippen LogP contribution is 2.43. The van der Waals surface area contributed by atoms with Crippen LogP contribution in [0.4, 0.5) is 0 Å². The normalized spacial score (nSPS) is 16.3. The Morgan fingerprint density at radius 1 is 0.692 bits per heavy atom. The van der Waals surface area contributed by atoms with E-state index in [4.69, 9.17) is 28.8 Å². The van der Waals surface area contributed by atoms with Crippen molar-refractivity contribution in [3.63, 3.8) is 0 Å². The Labute approximate surface area is 232 Å². The van der Waals surface area contributed by atoms with Gasteiger partial charge in [0, 0.05) is 28.5 Å². The topological polar surface area (TPSA) is 49.9 Å². The average Bonchev–Trinajstić information content (AvgIpc) is 3.59. The van der Waals surface area contributed by atoms with Crippen molar-refractivity contribution >= 4 is 50.9 Å². The molecule has 0 radical (unpaired) electrons. The minimum Gasteiger partial charge on any atom is -0.458 e. The highest BCUT2D eigenvalue weighted by molar-refractivity contribution is 6.99. The molecule has 7 aromatic rings. The second-order valence-corrected chi connectivity index (χ2v) is 9.91. The highest BCUT2D eigenvalue weighted by atomic mass is 16.5. The minimum atomic E-state index is -0.434. The molecule has 10 rings (SSSR count). The van der Waals surface area contributed by atoms with Crippen LogP contribution in [0.2, 0.25) is 0 Å². The SMILES string of the molecule is [2H]c1c([2H])c([2H])c2c(nc3n(-c4cc5c6c(c4)Oc4cccc7c4B6c4c(cccc4O5)O7)c4c([2H])c([2H])c([2H])c([2H])c4n23)c1C. The van der Waals surface area contributed by atoms with Gasteiger partial charge < -0.3 is 14.2 Å². The van der Waals surface area contributed by atoms with Crippen molar-refractivity contribution in [3.05, 3.63) is 96.4 Å². The molecule has 0 N–H and O–H groups in total. The zero-order valence-corrected chi connectivity index (χ0v) is 20.3. The Morgan fingerprint density at radius 2 is 1.26 bits per heavy atom. The van der Waals surface area contributed by atoms with E-state index in [0.29, 0.717) is 51.3 Å². The van der Waals surface area contributed by atoms with E-state index in [1.807, 2.05) is 36.4 Å². The van der Waals surface area contributed by atoms with Gasteiger partial charge in [-0.2, -0.15) is 0 Å². The van der Waals surface area contributed by atoms with E-state index in [9.17, 15) is 0 Å². The van der Waals surface area contributed by atoms with Gasteiger partial charge in [-0.25, -0.2) is 4.98 Å². The molecular formula is C32H18BN3O3. The lowest BCUT2D eigenvalue weighted by Gasteiger charge is -2.37. The van der Waals surface area contributed by atoms with Crippen LogP contribution in [0.3, 0.4) is 0 Å². The second-order valence-electron chi connectivity index (χ2n) is 9.91. The van der Waals surface area contributed by atoms with Gasteiger partial charge in [0.2, 0.25) is 5.78 Å². The number of hydrogen-bond acceptors (Lipinski definition) is 4. The fraction of sp³-hybridized carbons (Fsp3) is 0.0312. The third kappa shape index (κ3) is 2.33. The van der Waals surface area contributed by atoms with Crippen LogP contribution >= 0.6 is 0 Å². The molecular weight excluding hydrogens is 485 g/mol. The molecule has 5 aromatic carbocycles. The zero-order valence-electron chi connectivity index (χ0n) is 27.3. The Morgan fingerprint density at radius 3 is 1.92 bits per heavy atom. The maximum absolute atomic E-state index is 8.98. The summed E-state index contributed by atoms with van der Waals surface area (Å²) < 4.78 is 82.9. The molecule has 0 saturated heterocycles. The van der Waals surface area contributed by atoms with Crippen molar-refractivity contribution < 1.29 is 23.8 Å². The van der Waals surface area contributed by atoms with Crippen LogP contribution in [-0.2, 0) is 0 Å². The molecule has 3 aliphatic heterocycles. The van der Waals surface area contributed by atoms with Gasteiger partial charge in [0.15, 0.2) is 0 Å². The van der Waals surface area contributed by atoms with Crippen LogP contribution in [0.5, 0.6) is 34.5 Å². The zero-order chi connectivity index (χ0) is 31.5.